The van der Waals surface area contributed by atoms with Gasteiger partial charge >= 0.3 is 0 Å². The number of aryl methyl sites for hydroxylation is 1. The summed E-state index contributed by atoms with van der Waals surface area (Å²) in [5, 5.41) is 4.64. The Labute approximate surface area is 114 Å². The minimum absolute atomic E-state index is 0.230. The first kappa shape index (κ1) is 13.5. The number of aliphatic imine (C=N–C) groups is 1. The van der Waals surface area contributed by atoms with Gasteiger partial charge in [-0.05, 0) is 30.9 Å². The topological polar surface area (TPSA) is 24.4 Å². The Morgan fingerprint density at radius 2 is 2.00 bits per heavy atom. The van der Waals surface area contributed by atoms with Gasteiger partial charge in [0.2, 0.25) is 0 Å². The summed E-state index contributed by atoms with van der Waals surface area (Å²) >= 11 is 1.85. The van der Waals surface area contributed by atoms with Crippen molar-refractivity contribution >= 4 is 16.9 Å². The first-order valence-electron chi connectivity index (χ1n) is 6.69. The highest BCUT2D eigenvalue weighted by atomic mass is 32.2. The monoisotopic (exact) mass is 262 g/mol. The maximum Gasteiger partial charge on any atom is 0.157 e. The molecule has 2 nitrogen and oxygen atoms in total. The summed E-state index contributed by atoms with van der Waals surface area (Å²) in [5.41, 5.74) is 2.98. The number of nitrogens with one attached hydrogen (secondary N) is 1. The standard InChI is InChI=1S/C15H22N2S/c1-4-12-8-6-7-9-13(12)10-16-14-17-15(3,5-2)11-18-14/h6-9H,4-5,10-11H2,1-3H3,(H,16,17). The van der Waals surface area contributed by atoms with Crippen LogP contribution in [-0.4, -0.2) is 16.5 Å². The zero-order valence-electron chi connectivity index (χ0n) is 11.5. The van der Waals surface area contributed by atoms with Crippen molar-refractivity contribution < 1.29 is 0 Å². The molecule has 2 rings (SSSR count). The molecule has 98 valence electrons. The van der Waals surface area contributed by atoms with Crippen LogP contribution in [0.15, 0.2) is 29.3 Å². The van der Waals surface area contributed by atoms with Gasteiger partial charge in [-0.15, -0.1) is 0 Å². The summed E-state index contributed by atoms with van der Waals surface area (Å²) < 4.78 is 0. The van der Waals surface area contributed by atoms with Gasteiger partial charge in [0.1, 0.15) is 0 Å². The summed E-state index contributed by atoms with van der Waals surface area (Å²) in [6, 6.07) is 8.58. The van der Waals surface area contributed by atoms with Gasteiger partial charge in [0.15, 0.2) is 5.17 Å². The quantitative estimate of drug-likeness (QED) is 0.896. The molecule has 0 amide bonds. The van der Waals surface area contributed by atoms with Crippen LogP contribution < -0.4 is 5.32 Å². The van der Waals surface area contributed by atoms with Crippen molar-refractivity contribution in [1.29, 1.82) is 0 Å². The smallest absolute Gasteiger partial charge is 0.157 e. The Balaban J connectivity index is 2.03. The van der Waals surface area contributed by atoms with E-state index in [4.69, 9.17) is 4.99 Å². The molecule has 0 aliphatic carbocycles. The maximum absolute atomic E-state index is 4.71. The number of nitrogens with zero attached hydrogens (tertiary/aromatic N) is 1. The zero-order chi connectivity index (χ0) is 13.0. The lowest BCUT2D eigenvalue weighted by molar-refractivity contribution is 0.466. The summed E-state index contributed by atoms with van der Waals surface area (Å²) in [6.07, 6.45) is 2.22. The lowest BCUT2D eigenvalue weighted by Gasteiger charge is -2.20. The van der Waals surface area contributed by atoms with Gasteiger partial charge in [-0.25, -0.2) is 0 Å². The second-order valence-corrected chi connectivity index (χ2v) is 6.04. The number of hydrogen-bond acceptors (Lipinski definition) is 2. The first-order valence-corrected chi connectivity index (χ1v) is 7.67. The molecule has 1 N–H and O–H groups in total. The van der Waals surface area contributed by atoms with Crippen LogP contribution in [0.1, 0.15) is 38.3 Å². The lowest BCUT2D eigenvalue weighted by Crippen LogP contribution is -2.39. The molecule has 0 spiro atoms. The van der Waals surface area contributed by atoms with E-state index < -0.39 is 0 Å². The highest BCUT2D eigenvalue weighted by Crippen LogP contribution is 2.25. The fourth-order valence-electron chi connectivity index (χ4n) is 2.05. The van der Waals surface area contributed by atoms with Gasteiger partial charge in [0.05, 0.1) is 6.54 Å². The number of thioether (sulfide) groups is 1. The van der Waals surface area contributed by atoms with Gasteiger partial charge in [0.25, 0.3) is 0 Å². The van der Waals surface area contributed by atoms with E-state index in [2.05, 4.69) is 50.4 Å². The van der Waals surface area contributed by atoms with E-state index >= 15 is 0 Å². The Bertz CT molecular complexity index is 442. The van der Waals surface area contributed by atoms with E-state index in [1.807, 2.05) is 11.8 Å². The van der Waals surface area contributed by atoms with E-state index in [1.54, 1.807) is 0 Å². The van der Waals surface area contributed by atoms with Crippen LogP contribution >= 0.6 is 11.8 Å². The minimum atomic E-state index is 0.230. The van der Waals surface area contributed by atoms with Gasteiger partial charge in [-0.1, -0.05) is 49.9 Å². The van der Waals surface area contributed by atoms with E-state index in [1.165, 1.54) is 11.1 Å². The molecular weight excluding hydrogens is 240 g/mol. The van der Waals surface area contributed by atoms with Crippen LogP contribution in [0, 0.1) is 0 Å². The fourth-order valence-corrected chi connectivity index (χ4v) is 3.25. The third-order valence-electron chi connectivity index (χ3n) is 3.61. The van der Waals surface area contributed by atoms with E-state index in [0.29, 0.717) is 0 Å². The largest absolute Gasteiger partial charge is 0.359 e. The molecule has 0 radical (unpaired) electrons. The predicted molar refractivity (Wildman–Crippen MR) is 81.2 cm³/mol. The Kier molecular flexibility index (Phi) is 4.33. The van der Waals surface area contributed by atoms with Crippen molar-refractivity contribution in [2.24, 2.45) is 4.99 Å². The Hall–Kier alpha value is -0.960. The van der Waals surface area contributed by atoms with Gasteiger partial charge in [-0.2, -0.15) is 0 Å². The van der Waals surface area contributed by atoms with Crippen molar-refractivity contribution in [3.63, 3.8) is 0 Å². The van der Waals surface area contributed by atoms with Crippen molar-refractivity contribution in [1.82, 2.24) is 5.32 Å². The van der Waals surface area contributed by atoms with Crippen molar-refractivity contribution in [2.75, 3.05) is 5.75 Å². The van der Waals surface area contributed by atoms with E-state index in [9.17, 15) is 0 Å². The van der Waals surface area contributed by atoms with Gasteiger partial charge in [0, 0.05) is 11.3 Å². The van der Waals surface area contributed by atoms with Crippen LogP contribution in [0.25, 0.3) is 0 Å². The normalized spacial score (nSPS) is 25.4. The first-order chi connectivity index (χ1) is 8.67. The van der Waals surface area contributed by atoms with Gasteiger partial charge < -0.3 is 5.32 Å². The SMILES string of the molecule is CCc1ccccc1CN=C1NC(C)(CC)CS1. The average Bonchev–Trinajstić information content (AvgIpc) is 2.79. The predicted octanol–water partition coefficient (Wildman–Crippen LogP) is 3.61. The van der Waals surface area contributed by atoms with Crippen LogP contribution in [0.3, 0.4) is 0 Å². The summed E-state index contributed by atoms with van der Waals surface area (Å²) in [5.74, 6) is 1.12. The average molecular weight is 262 g/mol. The van der Waals surface area contributed by atoms with Crippen LogP contribution in [0.2, 0.25) is 0 Å². The molecule has 1 atom stereocenters. The summed E-state index contributed by atoms with van der Waals surface area (Å²) in [4.78, 5) is 4.71. The molecule has 18 heavy (non-hydrogen) atoms. The van der Waals surface area contributed by atoms with Crippen molar-refractivity contribution in [3.8, 4) is 0 Å². The second-order valence-electron chi connectivity index (χ2n) is 5.07. The molecule has 3 heteroatoms. The van der Waals surface area contributed by atoms with Crippen molar-refractivity contribution in [2.45, 2.75) is 45.7 Å². The molecule has 1 fully saturated rings. The molecule has 0 bridgehead atoms. The van der Waals surface area contributed by atoms with Crippen LogP contribution in [-0.2, 0) is 13.0 Å². The molecule has 1 aliphatic heterocycles. The lowest BCUT2D eigenvalue weighted by atomic mass is 10.0. The molecular formula is C15H22N2S. The fraction of sp³-hybridized carbons (Fsp3) is 0.533. The van der Waals surface area contributed by atoms with E-state index in [0.717, 1.165) is 30.3 Å². The molecule has 0 saturated carbocycles. The number of hydrogen-bond donors (Lipinski definition) is 1. The third-order valence-corrected chi connectivity index (χ3v) is 4.89. The molecule has 0 aromatic heterocycles. The Morgan fingerprint density at radius 1 is 1.28 bits per heavy atom. The van der Waals surface area contributed by atoms with Crippen molar-refractivity contribution in [3.05, 3.63) is 35.4 Å². The zero-order valence-corrected chi connectivity index (χ0v) is 12.3. The number of amidine groups is 1. The molecule has 1 saturated heterocycles. The second kappa shape index (κ2) is 5.79. The molecule has 1 aliphatic rings. The minimum Gasteiger partial charge on any atom is -0.359 e. The molecule has 1 unspecified atom stereocenters. The van der Waals surface area contributed by atoms with Crippen LogP contribution in [0.4, 0.5) is 0 Å². The number of benzene rings is 1. The van der Waals surface area contributed by atoms with E-state index in [-0.39, 0.29) is 5.54 Å². The highest BCUT2D eigenvalue weighted by molar-refractivity contribution is 8.14. The summed E-state index contributed by atoms with van der Waals surface area (Å²) in [7, 11) is 0. The Morgan fingerprint density at radius 3 is 2.61 bits per heavy atom. The third kappa shape index (κ3) is 3.08. The molecule has 1 aromatic rings. The van der Waals surface area contributed by atoms with Crippen LogP contribution in [0.5, 0.6) is 0 Å². The number of rotatable bonds is 4. The summed E-state index contributed by atoms with van der Waals surface area (Å²) in [6.45, 7) is 7.48. The molecule has 1 aromatic carbocycles. The van der Waals surface area contributed by atoms with Gasteiger partial charge in [-0.3, -0.25) is 4.99 Å². The molecule has 1 heterocycles. The highest BCUT2D eigenvalue weighted by Gasteiger charge is 2.30. The maximum atomic E-state index is 4.71.